The Morgan fingerprint density at radius 3 is 2.33 bits per heavy atom. The predicted molar refractivity (Wildman–Crippen MR) is 75.0 cm³/mol. The van der Waals surface area contributed by atoms with E-state index >= 15 is 0 Å². The molecule has 0 amide bonds. The third kappa shape index (κ3) is 5.07. The van der Waals surface area contributed by atoms with E-state index in [-0.39, 0.29) is 0 Å². The molecular formula is C13H19BrS. The van der Waals surface area contributed by atoms with E-state index < -0.39 is 0 Å². The van der Waals surface area contributed by atoms with Crippen molar-refractivity contribution in [3.05, 3.63) is 34.9 Å². The Morgan fingerprint density at radius 2 is 1.80 bits per heavy atom. The van der Waals surface area contributed by atoms with Crippen molar-refractivity contribution in [1.82, 2.24) is 0 Å². The van der Waals surface area contributed by atoms with E-state index in [1.165, 1.54) is 22.4 Å². The van der Waals surface area contributed by atoms with Crippen LogP contribution in [0.5, 0.6) is 0 Å². The van der Waals surface area contributed by atoms with Gasteiger partial charge in [-0.3, -0.25) is 0 Å². The molecule has 1 atom stereocenters. The second-order valence-electron chi connectivity index (χ2n) is 4.27. The molecule has 0 radical (unpaired) electrons. The van der Waals surface area contributed by atoms with E-state index in [2.05, 4.69) is 54.9 Å². The lowest BCUT2D eigenvalue weighted by atomic mass is 10.1. The standard InChI is InChI=1S/C13H19BrS/c1-10-4-11(2)6-13(5-10)9-15-8-12(3)7-14/h4-6,12H,7-9H2,1-3H3. The van der Waals surface area contributed by atoms with Crippen molar-refractivity contribution in [2.75, 3.05) is 11.1 Å². The number of hydrogen-bond acceptors (Lipinski definition) is 1. The number of hydrogen-bond donors (Lipinski definition) is 0. The molecule has 0 nitrogen and oxygen atoms in total. The van der Waals surface area contributed by atoms with Gasteiger partial charge in [0.2, 0.25) is 0 Å². The SMILES string of the molecule is Cc1cc(C)cc(CSCC(C)CBr)c1. The summed E-state index contributed by atoms with van der Waals surface area (Å²) in [5, 5.41) is 1.10. The second kappa shape index (κ2) is 6.59. The van der Waals surface area contributed by atoms with Crippen LogP contribution in [0.3, 0.4) is 0 Å². The Morgan fingerprint density at radius 1 is 1.20 bits per heavy atom. The van der Waals surface area contributed by atoms with Gasteiger partial charge in [0.15, 0.2) is 0 Å². The monoisotopic (exact) mass is 286 g/mol. The molecular weight excluding hydrogens is 268 g/mol. The minimum absolute atomic E-state index is 0.765. The van der Waals surface area contributed by atoms with Crippen molar-refractivity contribution in [3.8, 4) is 0 Å². The van der Waals surface area contributed by atoms with Gasteiger partial charge in [-0.1, -0.05) is 52.2 Å². The Labute approximate surface area is 106 Å². The highest BCUT2D eigenvalue weighted by molar-refractivity contribution is 9.09. The molecule has 0 aromatic heterocycles. The molecule has 0 fully saturated rings. The van der Waals surface area contributed by atoms with Gasteiger partial charge < -0.3 is 0 Å². The van der Waals surface area contributed by atoms with E-state index in [1.54, 1.807) is 0 Å². The van der Waals surface area contributed by atoms with Crippen molar-refractivity contribution in [1.29, 1.82) is 0 Å². The van der Waals surface area contributed by atoms with Gasteiger partial charge in [0.1, 0.15) is 0 Å². The molecule has 0 spiro atoms. The quantitative estimate of drug-likeness (QED) is 0.715. The molecule has 0 heterocycles. The fourth-order valence-electron chi connectivity index (χ4n) is 1.57. The average molecular weight is 287 g/mol. The summed E-state index contributed by atoms with van der Waals surface area (Å²) >= 11 is 5.54. The molecule has 0 aliphatic rings. The third-order valence-corrected chi connectivity index (χ3v) is 4.66. The molecule has 0 aliphatic carbocycles. The highest BCUT2D eigenvalue weighted by Crippen LogP contribution is 2.18. The lowest BCUT2D eigenvalue weighted by Crippen LogP contribution is -1.99. The van der Waals surface area contributed by atoms with Gasteiger partial charge in [0.25, 0.3) is 0 Å². The highest BCUT2D eigenvalue weighted by Gasteiger charge is 2.01. The van der Waals surface area contributed by atoms with Gasteiger partial charge in [0, 0.05) is 11.1 Å². The first-order valence-corrected chi connectivity index (χ1v) is 7.60. The van der Waals surface area contributed by atoms with Crippen molar-refractivity contribution in [2.45, 2.75) is 26.5 Å². The molecule has 1 rings (SSSR count). The van der Waals surface area contributed by atoms with Crippen LogP contribution in [0.15, 0.2) is 18.2 Å². The third-order valence-electron chi connectivity index (χ3n) is 2.22. The Balaban J connectivity index is 2.43. The van der Waals surface area contributed by atoms with E-state index in [4.69, 9.17) is 0 Å². The summed E-state index contributed by atoms with van der Waals surface area (Å²) in [6.07, 6.45) is 0. The highest BCUT2D eigenvalue weighted by atomic mass is 79.9. The lowest BCUT2D eigenvalue weighted by molar-refractivity contribution is 0.770. The number of aryl methyl sites for hydroxylation is 2. The van der Waals surface area contributed by atoms with Crippen LogP contribution in [0.4, 0.5) is 0 Å². The van der Waals surface area contributed by atoms with E-state index in [0.29, 0.717) is 0 Å². The van der Waals surface area contributed by atoms with Crippen LogP contribution in [-0.2, 0) is 5.75 Å². The van der Waals surface area contributed by atoms with Crippen molar-refractivity contribution < 1.29 is 0 Å². The van der Waals surface area contributed by atoms with Gasteiger partial charge in [0.05, 0.1) is 0 Å². The van der Waals surface area contributed by atoms with Crippen LogP contribution in [0.25, 0.3) is 0 Å². The first-order chi connectivity index (χ1) is 7.11. The fourth-order valence-corrected chi connectivity index (χ4v) is 3.15. The molecule has 0 saturated heterocycles. The Bertz CT molecular complexity index is 289. The zero-order valence-corrected chi connectivity index (χ0v) is 12.1. The summed E-state index contributed by atoms with van der Waals surface area (Å²) in [6.45, 7) is 6.62. The molecule has 0 N–H and O–H groups in total. The predicted octanol–water partition coefficient (Wildman–Crippen LogP) is 4.57. The topological polar surface area (TPSA) is 0 Å². The van der Waals surface area contributed by atoms with Gasteiger partial charge >= 0.3 is 0 Å². The van der Waals surface area contributed by atoms with Crippen LogP contribution in [-0.4, -0.2) is 11.1 Å². The first kappa shape index (κ1) is 13.1. The maximum Gasteiger partial charge on any atom is 0.0184 e. The molecule has 1 aromatic carbocycles. The molecule has 0 saturated carbocycles. The van der Waals surface area contributed by atoms with Crippen LogP contribution < -0.4 is 0 Å². The van der Waals surface area contributed by atoms with Crippen molar-refractivity contribution in [2.24, 2.45) is 5.92 Å². The number of halogens is 1. The van der Waals surface area contributed by atoms with Crippen molar-refractivity contribution >= 4 is 27.7 Å². The molecule has 0 bridgehead atoms. The average Bonchev–Trinajstić information content (AvgIpc) is 2.16. The first-order valence-electron chi connectivity index (χ1n) is 5.32. The largest absolute Gasteiger partial charge is 0.157 e. The maximum absolute atomic E-state index is 3.51. The zero-order chi connectivity index (χ0) is 11.3. The summed E-state index contributed by atoms with van der Waals surface area (Å²) in [7, 11) is 0. The van der Waals surface area contributed by atoms with Crippen LogP contribution in [0, 0.1) is 19.8 Å². The van der Waals surface area contributed by atoms with Gasteiger partial charge in [-0.25, -0.2) is 0 Å². The second-order valence-corrected chi connectivity index (χ2v) is 5.95. The molecule has 15 heavy (non-hydrogen) atoms. The zero-order valence-electron chi connectivity index (χ0n) is 9.72. The maximum atomic E-state index is 3.51. The molecule has 1 aromatic rings. The summed E-state index contributed by atoms with van der Waals surface area (Å²) in [5.74, 6) is 3.14. The van der Waals surface area contributed by atoms with E-state index in [0.717, 1.165) is 17.0 Å². The van der Waals surface area contributed by atoms with Crippen LogP contribution >= 0.6 is 27.7 Å². The van der Waals surface area contributed by atoms with E-state index in [1.807, 2.05) is 11.8 Å². The summed E-state index contributed by atoms with van der Waals surface area (Å²) in [6, 6.07) is 6.81. The minimum Gasteiger partial charge on any atom is -0.157 e. The molecule has 2 heteroatoms. The van der Waals surface area contributed by atoms with Gasteiger partial charge in [-0.05, 0) is 31.1 Å². The molecule has 1 unspecified atom stereocenters. The van der Waals surface area contributed by atoms with Crippen LogP contribution in [0.1, 0.15) is 23.6 Å². The number of rotatable bonds is 5. The normalized spacial score (nSPS) is 12.8. The Kier molecular flexibility index (Phi) is 5.77. The summed E-state index contributed by atoms with van der Waals surface area (Å²) in [4.78, 5) is 0. The minimum atomic E-state index is 0.765. The van der Waals surface area contributed by atoms with Gasteiger partial charge in [-0.2, -0.15) is 11.8 Å². The lowest BCUT2D eigenvalue weighted by Gasteiger charge is -2.08. The Hall–Kier alpha value is 0.0500. The molecule has 0 aliphatic heterocycles. The number of thioether (sulfide) groups is 1. The van der Waals surface area contributed by atoms with E-state index in [9.17, 15) is 0 Å². The van der Waals surface area contributed by atoms with Gasteiger partial charge in [-0.15, -0.1) is 0 Å². The number of benzene rings is 1. The number of alkyl halides is 1. The smallest absolute Gasteiger partial charge is 0.0184 e. The van der Waals surface area contributed by atoms with Crippen LogP contribution in [0.2, 0.25) is 0 Å². The molecule has 84 valence electrons. The fraction of sp³-hybridized carbons (Fsp3) is 0.538. The van der Waals surface area contributed by atoms with Crippen molar-refractivity contribution in [3.63, 3.8) is 0 Å². The summed E-state index contributed by atoms with van der Waals surface area (Å²) < 4.78 is 0. The summed E-state index contributed by atoms with van der Waals surface area (Å²) in [5.41, 5.74) is 4.21.